The summed E-state index contributed by atoms with van der Waals surface area (Å²) in [6.45, 7) is 2.63. The van der Waals surface area contributed by atoms with Crippen LogP contribution in [0.1, 0.15) is 24.8 Å². The molecule has 1 rings (SSSR count). The number of nitrogens with two attached hydrogens (primary N) is 1. The van der Waals surface area contributed by atoms with Gasteiger partial charge in [0, 0.05) is 4.47 Å². The lowest BCUT2D eigenvalue weighted by Crippen LogP contribution is -2.04. The lowest BCUT2D eigenvalue weighted by molar-refractivity contribution is 0.461. The fourth-order valence-electron chi connectivity index (χ4n) is 1.36. The summed E-state index contributed by atoms with van der Waals surface area (Å²) in [7, 11) is 0. The van der Waals surface area contributed by atoms with Crippen molar-refractivity contribution in [3.63, 3.8) is 0 Å². The van der Waals surface area contributed by atoms with Crippen LogP contribution < -0.4 is 5.73 Å². The average molecular weight is 279 g/mol. The van der Waals surface area contributed by atoms with Crippen LogP contribution in [-0.2, 0) is 0 Å². The van der Waals surface area contributed by atoms with E-state index in [1.165, 1.54) is 0 Å². The number of aromatic hydroxyl groups is 1. The monoisotopic (exact) mass is 277 g/mol. The van der Waals surface area contributed by atoms with E-state index < -0.39 is 0 Å². The maximum atomic E-state index is 9.77. The van der Waals surface area contributed by atoms with Crippen molar-refractivity contribution in [3.05, 3.63) is 27.2 Å². The molecule has 0 aliphatic heterocycles. The third-order valence-electron chi connectivity index (χ3n) is 2.23. The Labute approximate surface area is 97.2 Å². The predicted molar refractivity (Wildman–Crippen MR) is 62.9 cm³/mol. The quantitative estimate of drug-likeness (QED) is 0.891. The second kappa shape index (κ2) is 5.01. The molecule has 0 bridgehead atoms. The first-order valence-corrected chi connectivity index (χ1v) is 5.62. The van der Waals surface area contributed by atoms with Crippen LogP contribution in [0.3, 0.4) is 0 Å². The molecule has 0 aromatic heterocycles. The largest absolute Gasteiger partial charge is 0.506 e. The van der Waals surface area contributed by atoms with Gasteiger partial charge in [-0.05, 0) is 46.4 Å². The molecule has 4 heteroatoms. The van der Waals surface area contributed by atoms with E-state index in [2.05, 4.69) is 15.9 Å². The molecule has 0 radical (unpaired) electrons. The first kappa shape index (κ1) is 11.8. The van der Waals surface area contributed by atoms with Gasteiger partial charge in [-0.25, -0.2) is 0 Å². The summed E-state index contributed by atoms with van der Waals surface area (Å²) in [4.78, 5) is 0. The maximum absolute atomic E-state index is 9.77. The van der Waals surface area contributed by atoms with Gasteiger partial charge < -0.3 is 10.8 Å². The summed E-state index contributed by atoms with van der Waals surface area (Å²) < 4.78 is 0.709. The molecule has 0 saturated carbocycles. The van der Waals surface area contributed by atoms with E-state index in [-0.39, 0.29) is 11.7 Å². The molecule has 1 aromatic carbocycles. The number of benzene rings is 1. The Bertz CT molecular complexity index is 330. The van der Waals surface area contributed by atoms with E-state index in [9.17, 15) is 5.11 Å². The van der Waals surface area contributed by atoms with Gasteiger partial charge in [0.2, 0.25) is 0 Å². The highest BCUT2D eigenvalue weighted by atomic mass is 79.9. The molecule has 1 atom stereocenters. The number of phenolic OH excluding ortho intramolecular Hbond substituents is 1. The fraction of sp³-hybridized carbons (Fsp3) is 0.400. The minimum atomic E-state index is 0.155. The average Bonchev–Trinajstić information content (AvgIpc) is 2.15. The van der Waals surface area contributed by atoms with Crippen LogP contribution in [0.5, 0.6) is 5.75 Å². The third kappa shape index (κ3) is 2.41. The predicted octanol–water partition coefficient (Wildman–Crippen LogP) is 3.26. The lowest BCUT2D eigenvalue weighted by atomic mass is 9.97. The SMILES string of the molecule is CC(CCN)c1ccc(Br)c(Cl)c1O. The smallest absolute Gasteiger partial charge is 0.138 e. The maximum Gasteiger partial charge on any atom is 0.138 e. The third-order valence-corrected chi connectivity index (χ3v) is 3.50. The van der Waals surface area contributed by atoms with Crippen LogP contribution in [0.15, 0.2) is 16.6 Å². The normalized spacial score (nSPS) is 12.9. The van der Waals surface area contributed by atoms with Gasteiger partial charge >= 0.3 is 0 Å². The van der Waals surface area contributed by atoms with Crippen molar-refractivity contribution in [2.24, 2.45) is 5.73 Å². The van der Waals surface area contributed by atoms with Gasteiger partial charge in [0.1, 0.15) is 5.75 Å². The fourth-order valence-corrected chi connectivity index (χ4v) is 1.85. The molecule has 1 aromatic rings. The molecule has 14 heavy (non-hydrogen) atoms. The molecule has 0 aliphatic carbocycles. The molecule has 3 N–H and O–H groups in total. The highest BCUT2D eigenvalue weighted by molar-refractivity contribution is 9.10. The first-order valence-electron chi connectivity index (χ1n) is 4.44. The van der Waals surface area contributed by atoms with Crippen molar-refractivity contribution < 1.29 is 5.11 Å². The molecular weight excluding hydrogens is 265 g/mol. The molecule has 0 spiro atoms. The molecule has 2 nitrogen and oxygen atoms in total. The summed E-state index contributed by atoms with van der Waals surface area (Å²) in [5.74, 6) is 0.382. The zero-order chi connectivity index (χ0) is 10.7. The van der Waals surface area contributed by atoms with Gasteiger partial charge in [-0.1, -0.05) is 24.6 Å². The van der Waals surface area contributed by atoms with Crippen LogP contribution in [-0.4, -0.2) is 11.7 Å². The van der Waals surface area contributed by atoms with Crippen molar-refractivity contribution in [1.29, 1.82) is 0 Å². The standard InChI is InChI=1S/C10H13BrClNO/c1-6(4-5-13)7-2-3-8(11)9(12)10(7)14/h2-3,6,14H,4-5,13H2,1H3. The van der Waals surface area contributed by atoms with E-state index in [4.69, 9.17) is 17.3 Å². The van der Waals surface area contributed by atoms with E-state index in [0.29, 0.717) is 16.0 Å². The number of rotatable bonds is 3. The molecule has 78 valence electrons. The second-order valence-corrected chi connectivity index (χ2v) is 4.51. The van der Waals surface area contributed by atoms with E-state index in [1.807, 2.05) is 19.1 Å². The Morgan fingerprint density at radius 1 is 1.57 bits per heavy atom. The highest BCUT2D eigenvalue weighted by Crippen LogP contribution is 2.38. The Morgan fingerprint density at radius 3 is 2.79 bits per heavy atom. The van der Waals surface area contributed by atoms with E-state index in [1.54, 1.807) is 0 Å². The van der Waals surface area contributed by atoms with Gasteiger partial charge in [0.05, 0.1) is 5.02 Å². The van der Waals surface area contributed by atoms with Gasteiger partial charge in [-0.2, -0.15) is 0 Å². The topological polar surface area (TPSA) is 46.2 Å². The van der Waals surface area contributed by atoms with Crippen LogP contribution in [0.4, 0.5) is 0 Å². The van der Waals surface area contributed by atoms with Crippen molar-refractivity contribution in [3.8, 4) is 5.75 Å². The highest BCUT2D eigenvalue weighted by Gasteiger charge is 2.13. The Hall–Kier alpha value is -0.250. The minimum absolute atomic E-state index is 0.155. The van der Waals surface area contributed by atoms with E-state index >= 15 is 0 Å². The second-order valence-electron chi connectivity index (χ2n) is 3.28. The zero-order valence-electron chi connectivity index (χ0n) is 7.93. The van der Waals surface area contributed by atoms with Gasteiger partial charge in [0.15, 0.2) is 0 Å². The first-order chi connectivity index (χ1) is 6.57. The molecule has 0 fully saturated rings. The van der Waals surface area contributed by atoms with E-state index in [0.717, 1.165) is 12.0 Å². The molecule has 0 aliphatic rings. The van der Waals surface area contributed by atoms with Crippen molar-refractivity contribution in [2.45, 2.75) is 19.3 Å². The van der Waals surface area contributed by atoms with Crippen LogP contribution in [0.25, 0.3) is 0 Å². The van der Waals surface area contributed by atoms with Crippen LogP contribution in [0, 0.1) is 0 Å². The number of phenols is 1. The molecule has 0 heterocycles. The molecule has 1 unspecified atom stereocenters. The minimum Gasteiger partial charge on any atom is -0.506 e. The Balaban J connectivity index is 3.04. The van der Waals surface area contributed by atoms with Gasteiger partial charge in [-0.3, -0.25) is 0 Å². The number of hydrogen-bond acceptors (Lipinski definition) is 2. The summed E-state index contributed by atoms with van der Waals surface area (Å²) in [5.41, 5.74) is 6.31. The number of hydrogen-bond donors (Lipinski definition) is 2. The summed E-state index contributed by atoms with van der Waals surface area (Å²) in [6.07, 6.45) is 0.839. The van der Waals surface area contributed by atoms with Gasteiger partial charge in [-0.15, -0.1) is 0 Å². The van der Waals surface area contributed by atoms with Crippen LogP contribution >= 0.6 is 27.5 Å². The van der Waals surface area contributed by atoms with Gasteiger partial charge in [0.25, 0.3) is 0 Å². The molecule has 0 amide bonds. The van der Waals surface area contributed by atoms with Crippen molar-refractivity contribution >= 4 is 27.5 Å². The lowest BCUT2D eigenvalue weighted by Gasteiger charge is -2.13. The summed E-state index contributed by atoms with van der Waals surface area (Å²) >= 11 is 9.15. The van der Waals surface area contributed by atoms with Crippen molar-refractivity contribution in [2.75, 3.05) is 6.54 Å². The Morgan fingerprint density at radius 2 is 2.21 bits per heavy atom. The molecular formula is C10H13BrClNO. The Kier molecular flexibility index (Phi) is 4.23. The van der Waals surface area contributed by atoms with Crippen molar-refractivity contribution in [1.82, 2.24) is 0 Å². The number of halogens is 2. The zero-order valence-corrected chi connectivity index (χ0v) is 10.3. The van der Waals surface area contributed by atoms with Crippen LogP contribution in [0.2, 0.25) is 5.02 Å². The summed E-state index contributed by atoms with van der Waals surface area (Å²) in [5, 5.41) is 10.1. The molecule has 0 saturated heterocycles. The summed E-state index contributed by atoms with van der Waals surface area (Å²) in [6, 6.07) is 3.70.